The molecule has 154 valence electrons. The quantitative estimate of drug-likeness (QED) is 0.511. The lowest BCUT2D eigenvalue weighted by atomic mass is 9.99. The number of hydrogen-bond acceptors (Lipinski definition) is 6. The van der Waals surface area contributed by atoms with E-state index in [0.29, 0.717) is 11.3 Å². The van der Waals surface area contributed by atoms with Gasteiger partial charge in [-0.15, -0.1) is 0 Å². The van der Waals surface area contributed by atoms with Crippen molar-refractivity contribution in [1.29, 1.82) is 0 Å². The minimum absolute atomic E-state index is 0.364. The van der Waals surface area contributed by atoms with E-state index >= 15 is 0 Å². The van der Waals surface area contributed by atoms with Crippen molar-refractivity contribution < 1.29 is 26.7 Å². The summed E-state index contributed by atoms with van der Waals surface area (Å²) in [7, 11) is -3.66. The summed E-state index contributed by atoms with van der Waals surface area (Å²) in [4.78, 5) is 4.24. The molecule has 0 fully saturated rings. The molecule has 2 aromatic rings. The highest BCUT2D eigenvalue weighted by molar-refractivity contribution is 7.88. The van der Waals surface area contributed by atoms with Gasteiger partial charge >= 0.3 is 0 Å². The second-order valence-electron chi connectivity index (χ2n) is 6.26. The molecule has 1 aromatic carbocycles. The molecule has 3 N–H and O–H groups in total. The zero-order chi connectivity index (χ0) is 20.9. The third kappa shape index (κ3) is 6.40. The van der Waals surface area contributed by atoms with Crippen LogP contribution in [-0.2, 0) is 21.3 Å². The Balaban J connectivity index is 2.14. The first kappa shape index (κ1) is 22.5. The standard InChI is InChI=1S/C17H22FN3O5S2/c1-11(20-27(23)24)15-8-7-14(10-19-15)12-3-5-13(6-4-12)17(22)16(9-18)21-28(2,25)26/h3-8,10-11,16-17,20-22H,9H2,1-2H3,(H,23,24)/p-1/t11?,16-,17-/m1/s1. The van der Waals surface area contributed by atoms with Gasteiger partial charge in [-0.1, -0.05) is 30.3 Å². The third-order valence-electron chi connectivity index (χ3n) is 4.00. The summed E-state index contributed by atoms with van der Waals surface area (Å²) in [5.41, 5.74) is 2.45. The number of sulfonamides is 1. The van der Waals surface area contributed by atoms with Crippen molar-refractivity contribution >= 4 is 21.3 Å². The summed E-state index contributed by atoms with van der Waals surface area (Å²) in [6.07, 6.45) is 1.14. The molecule has 0 spiro atoms. The van der Waals surface area contributed by atoms with Gasteiger partial charge in [0.2, 0.25) is 10.0 Å². The highest BCUT2D eigenvalue weighted by Crippen LogP contribution is 2.24. The van der Waals surface area contributed by atoms with Crippen molar-refractivity contribution in [2.75, 3.05) is 12.9 Å². The summed E-state index contributed by atoms with van der Waals surface area (Å²) in [5.74, 6) is 0. The van der Waals surface area contributed by atoms with E-state index in [9.17, 15) is 26.7 Å². The number of pyridine rings is 1. The summed E-state index contributed by atoms with van der Waals surface area (Å²) >= 11 is -2.39. The van der Waals surface area contributed by atoms with E-state index in [1.807, 2.05) is 0 Å². The normalized spacial score (nSPS) is 16.3. The predicted molar refractivity (Wildman–Crippen MR) is 103 cm³/mol. The monoisotopic (exact) mass is 430 g/mol. The van der Waals surface area contributed by atoms with E-state index in [0.717, 1.165) is 17.4 Å². The Morgan fingerprint density at radius 2 is 1.82 bits per heavy atom. The fourth-order valence-electron chi connectivity index (χ4n) is 2.60. The topological polar surface area (TPSA) is 131 Å². The fraction of sp³-hybridized carbons (Fsp3) is 0.353. The third-order valence-corrected chi connectivity index (χ3v) is 5.28. The maximum atomic E-state index is 13.1. The molecule has 1 heterocycles. The lowest BCUT2D eigenvalue weighted by Gasteiger charge is -2.21. The van der Waals surface area contributed by atoms with E-state index in [4.69, 9.17) is 0 Å². The van der Waals surface area contributed by atoms with E-state index in [2.05, 4.69) is 14.4 Å². The Labute approximate surface area is 165 Å². The number of benzene rings is 1. The summed E-state index contributed by atoms with van der Waals surface area (Å²) < 4.78 is 61.4. The lowest BCUT2D eigenvalue weighted by molar-refractivity contribution is 0.125. The van der Waals surface area contributed by atoms with Gasteiger partial charge in [0.25, 0.3) is 0 Å². The van der Waals surface area contributed by atoms with Crippen LogP contribution < -0.4 is 9.44 Å². The first-order valence-corrected chi connectivity index (χ1v) is 11.2. The molecule has 0 radical (unpaired) electrons. The molecule has 1 aromatic heterocycles. The van der Waals surface area contributed by atoms with E-state index < -0.39 is 46.2 Å². The molecule has 0 aliphatic rings. The van der Waals surface area contributed by atoms with Crippen LogP contribution in [0.1, 0.15) is 30.3 Å². The first-order valence-electron chi connectivity index (χ1n) is 8.23. The molecule has 2 rings (SSSR count). The van der Waals surface area contributed by atoms with Crippen molar-refractivity contribution in [3.05, 3.63) is 53.9 Å². The molecule has 8 nitrogen and oxygen atoms in total. The van der Waals surface area contributed by atoms with Crippen LogP contribution in [0.3, 0.4) is 0 Å². The van der Waals surface area contributed by atoms with Crippen molar-refractivity contribution in [2.45, 2.75) is 25.1 Å². The Kier molecular flexibility index (Phi) is 7.75. The number of aliphatic hydroxyl groups excluding tert-OH is 1. The van der Waals surface area contributed by atoms with Crippen molar-refractivity contribution in [2.24, 2.45) is 0 Å². The average Bonchev–Trinajstić information content (AvgIpc) is 2.64. The second-order valence-corrected chi connectivity index (χ2v) is 8.75. The smallest absolute Gasteiger partial charge is 0.209 e. The minimum atomic E-state index is -3.66. The molecular weight excluding hydrogens is 409 g/mol. The molecule has 0 aliphatic heterocycles. The van der Waals surface area contributed by atoms with Crippen molar-refractivity contribution in [3.8, 4) is 11.1 Å². The van der Waals surface area contributed by atoms with E-state index in [-0.39, 0.29) is 0 Å². The van der Waals surface area contributed by atoms with Crippen LogP contribution >= 0.6 is 0 Å². The van der Waals surface area contributed by atoms with Crippen LogP contribution in [0.2, 0.25) is 0 Å². The van der Waals surface area contributed by atoms with Crippen LogP contribution in [-0.4, -0.2) is 46.2 Å². The number of nitrogens with zero attached hydrogens (tertiary/aromatic N) is 1. The first-order chi connectivity index (χ1) is 13.1. The molecule has 4 atom stereocenters. The largest absolute Gasteiger partial charge is 0.760 e. The predicted octanol–water partition coefficient (Wildman–Crippen LogP) is 1.11. The Hall–Kier alpha value is -1.76. The highest BCUT2D eigenvalue weighted by Gasteiger charge is 2.24. The Bertz CT molecular complexity index is 907. The number of aliphatic hydroxyl groups is 1. The van der Waals surface area contributed by atoms with Gasteiger partial charge in [-0.2, -0.15) is 0 Å². The SMILES string of the molecule is CC(NS(=O)[O-])c1ccc(-c2ccc([C@@H](O)[C@@H](CF)NS(C)(=O)=O)cc2)cn1. The maximum Gasteiger partial charge on any atom is 0.209 e. The number of halogens is 1. The molecule has 0 bridgehead atoms. The molecule has 0 saturated heterocycles. The van der Waals surface area contributed by atoms with Gasteiger partial charge in [0.05, 0.1) is 30.1 Å². The fourth-order valence-corrected chi connectivity index (χ4v) is 3.75. The Morgan fingerprint density at radius 3 is 2.29 bits per heavy atom. The van der Waals surface area contributed by atoms with Gasteiger partial charge in [-0.3, -0.25) is 9.19 Å². The Morgan fingerprint density at radius 1 is 1.21 bits per heavy atom. The number of alkyl halides is 1. The lowest BCUT2D eigenvalue weighted by Crippen LogP contribution is -2.40. The number of aromatic nitrogens is 1. The van der Waals surface area contributed by atoms with Crippen molar-refractivity contribution in [3.63, 3.8) is 0 Å². The summed E-state index contributed by atoms with van der Waals surface area (Å²) in [6, 6.07) is 8.26. The van der Waals surface area contributed by atoms with Crippen LogP contribution in [0.5, 0.6) is 0 Å². The summed E-state index contributed by atoms with van der Waals surface area (Å²) in [5, 5.41) is 10.2. The van der Waals surface area contributed by atoms with Gasteiger partial charge in [-0.05, 0) is 24.1 Å². The molecule has 0 aliphatic carbocycles. The molecular formula is C17H21FN3O5S2-. The highest BCUT2D eigenvalue weighted by atomic mass is 32.2. The molecule has 0 amide bonds. The number of nitrogens with one attached hydrogen (secondary N) is 2. The second kappa shape index (κ2) is 9.63. The summed E-state index contributed by atoms with van der Waals surface area (Å²) in [6.45, 7) is 0.613. The van der Waals surface area contributed by atoms with Crippen LogP contribution in [0.25, 0.3) is 11.1 Å². The van der Waals surface area contributed by atoms with E-state index in [1.54, 1.807) is 49.5 Å². The number of hydrogen-bond donors (Lipinski definition) is 3. The molecule has 2 unspecified atom stereocenters. The average molecular weight is 431 g/mol. The van der Waals surface area contributed by atoms with Gasteiger partial charge in [0.1, 0.15) is 6.67 Å². The van der Waals surface area contributed by atoms with Gasteiger partial charge in [0, 0.05) is 23.0 Å². The van der Waals surface area contributed by atoms with Crippen LogP contribution in [0.15, 0.2) is 42.6 Å². The zero-order valence-corrected chi connectivity index (χ0v) is 16.8. The van der Waals surface area contributed by atoms with Crippen molar-refractivity contribution in [1.82, 2.24) is 14.4 Å². The van der Waals surface area contributed by atoms with Gasteiger partial charge in [-0.25, -0.2) is 22.3 Å². The minimum Gasteiger partial charge on any atom is -0.760 e. The molecule has 28 heavy (non-hydrogen) atoms. The van der Waals surface area contributed by atoms with Gasteiger partial charge < -0.3 is 9.66 Å². The van der Waals surface area contributed by atoms with Gasteiger partial charge in [0.15, 0.2) is 0 Å². The zero-order valence-electron chi connectivity index (χ0n) is 15.2. The van der Waals surface area contributed by atoms with E-state index in [1.165, 1.54) is 0 Å². The number of rotatable bonds is 9. The van der Waals surface area contributed by atoms with Crippen LogP contribution in [0.4, 0.5) is 4.39 Å². The van der Waals surface area contributed by atoms with Crippen LogP contribution in [0, 0.1) is 0 Å². The molecule has 0 saturated carbocycles. The maximum absolute atomic E-state index is 13.1. The molecule has 11 heteroatoms.